The standard InChI is InChI=1S/C23H25Cl2FN4O/c1-3-12-29(21(14-31-2)15-6-9-18(26)10-7-15)23-27-22(16-4-5-16)30(28-23)20-11-8-17(24)13-19(20)25/h6-11,13,16,21H,3-5,12,14H2,1-2H3. The van der Waals surface area contributed by atoms with Gasteiger partial charge in [-0.25, -0.2) is 9.07 Å². The lowest BCUT2D eigenvalue weighted by atomic mass is 10.1. The maximum absolute atomic E-state index is 13.5. The van der Waals surface area contributed by atoms with Gasteiger partial charge in [0.05, 0.1) is 23.4 Å². The Bertz CT molecular complexity index is 1040. The van der Waals surface area contributed by atoms with Crippen LogP contribution in [0.15, 0.2) is 42.5 Å². The quantitative estimate of drug-likeness (QED) is 0.379. The highest BCUT2D eigenvalue weighted by molar-refractivity contribution is 6.35. The topological polar surface area (TPSA) is 43.2 Å². The third kappa shape index (κ3) is 4.86. The molecule has 5 nitrogen and oxygen atoms in total. The Morgan fingerprint density at radius 1 is 1.19 bits per heavy atom. The van der Waals surface area contributed by atoms with Crippen LogP contribution < -0.4 is 4.90 Å². The molecule has 4 rings (SSSR count). The van der Waals surface area contributed by atoms with E-state index in [0.717, 1.165) is 42.9 Å². The van der Waals surface area contributed by atoms with E-state index in [9.17, 15) is 4.39 Å². The fraction of sp³-hybridized carbons (Fsp3) is 0.391. The Kier molecular flexibility index (Phi) is 6.80. The van der Waals surface area contributed by atoms with Crippen molar-refractivity contribution in [2.45, 2.75) is 38.1 Å². The number of aromatic nitrogens is 3. The van der Waals surface area contributed by atoms with Gasteiger partial charge in [-0.15, -0.1) is 5.10 Å². The molecule has 1 heterocycles. The van der Waals surface area contributed by atoms with Crippen LogP contribution in [0.1, 0.15) is 49.5 Å². The maximum atomic E-state index is 13.5. The number of benzene rings is 2. The van der Waals surface area contributed by atoms with E-state index in [1.54, 1.807) is 31.4 Å². The highest BCUT2D eigenvalue weighted by Crippen LogP contribution is 2.42. The van der Waals surface area contributed by atoms with Crippen molar-refractivity contribution in [3.05, 3.63) is 69.7 Å². The van der Waals surface area contributed by atoms with Crippen molar-refractivity contribution in [3.63, 3.8) is 0 Å². The van der Waals surface area contributed by atoms with E-state index in [1.165, 1.54) is 12.1 Å². The number of ether oxygens (including phenoxy) is 1. The van der Waals surface area contributed by atoms with Gasteiger partial charge in [-0.1, -0.05) is 42.3 Å². The summed E-state index contributed by atoms with van der Waals surface area (Å²) >= 11 is 12.6. The number of halogens is 3. The summed E-state index contributed by atoms with van der Waals surface area (Å²) < 4.78 is 20.9. The van der Waals surface area contributed by atoms with Gasteiger partial charge in [-0.05, 0) is 55.2 Å². The summed E-state index contributed by atoms with van der Waals surface area (Å²) in [4.78, 5) is 7.06. The predicted molar refractivity (Wildman–Crippen MR) is 122 cm³/mol. The van der Waals surface area contributed by atoms with Gasteiger partial charge in [0, 0.05) is 24.6 Å². The van der Waals surface area contributed by atoms with Gasteiger partial charge in [0.1, 0.15) is 11.6 Å². The molecule has 0 spiro atoms. The summed E-state index contributed by atoms with van der Waals surface area (Å²) in [6.07, 6.45) is 3.06. The molecule has 0 aliphatic heterocycles. The minimum atomic E-state index is -0.266. The van der Waals surface area contributed by atoms with Crippen LogP contribution in [0, 0.1) is 5.82 Å². The van der Waals surface area contributed by atoms with Crippen LogP contribution in [0.2, 0.25) is 10.0 Å². The first-order valence-corrected chi connectivity index (χ1v) is 11.2. The van der Waals surface area contributed by atoms with Crippen LogP contribution in [-0.2, 0) is 4.74 Å². The lowest BCUT2D eigenvalue weighted by Crippen LogP contribution is -2.33. The molecule has 1 aliphatic carbocycles. The molecule has 1 atom stereocenters. The van der Waals surface area contributed by atoms with E-state index in [4.69, 9.17) is 38.0 Å². The zero-order valence-electron chi connectivity index (χ0n) is 17.6. The monoisotopic (exact) mass is 462 g/mol. The van der Waals surface area contributed by atoms with Gasteiger partial charge < -0.3 is 9.64 Å². The number of hydrogen-bond acceptors (Lipinski definition) is 4. The summed E-state index contributed by atoms with van der Waals surface area (Å²) in [6.45, 7) is 3.27. The molecule has 0 radical (unpaired) electrons. The number of methoxy groups -OCH3 is 1. The van der Waals surface area contributed by atoms with Crippen molar-refractivity contribution in [2.24, 2.45) is 0 Å². The lowest BCUT2D eigenvalue weighted by Gasteiger charge is -2.30. The van der Waals surface area contributed by atoms with Crippen LogP contribution in [0.4, 0.5) is 10.3 Å². The van der Waals surface area contributed by atoms with Gasteiger partial charge >= 0.3 is 0 Å². The zero-order chi connectivity index (χ0) is 22.0. The number of anilines is 1. The number of nitrogens with zero attached hydrogens (tertiary/aromatic N) is 4. The van der Waals surface area contributed by atoms with E-state index in [0.29, 0.717) is 28.5 Å². The van der Waals surface area contributed by atoms with Gasteiger partial charge in [-0.3, -0.25) is 0 Å². The summed E-state index contributed by atoms with van der Waals surface area (Å²) in [5, 5.41) is 5.97. The average molecular weight is 463 g/mol. The molecule has 1 aromatic heterocycles. The van der Waals surface area contributed by atoms with E-state index in [1.807, 2.05) is 10.7 Å². The van der Waals surface area contributed by atoms with E-state index in [2.05, 4.69) is 11.8 Å². The molecule has 8 heteroatoms. The van der Waals surface area contributed by atoms with Crippen LogP contribution in [0.3, 0.4) is 0 Å². The van der Waals surface area contributed by atoms with Gasteiger partial charge in [0.25, 0.3) is 0 Å². The second kappa shape index (κ2) is 9.55. The maximum Gasteiger partial charge on any atom is 0.246 e. The number of hydrogen-bond donors (Lipinski definition) is 0. The highest BCUT2D eigenvalue weighted by atomic mass is 35.5. The fourth-order valence-electron chi connectivity index (χ4n) is 3.72. The van der Waals surface area contributed by atoms with Crippen LogP contribution >= 0.6 is 23.2 Å². The lowest BCUT2D eigenvalue weighted by molar-refractivity contribution is 0.176. The molecular weight excluding hydrogens is 438 g/mol. The molecule has 164 valence electrons. The molecule has 31 heavy (non-hydrogen) atoms. The molecule has 0 bridgehead atoms. The third-order valence-electron chi connectivity index (χ3n) is 5.38. The molecule has 3 aromatic rings. The van der Waals surface area contributed by atoms with Crippen LogP contribution in [-0.4, -0.2) is 35.0 Å². The van der Waals surface area contributed by atoms with Crippen molar-refractivity contribution in [3.8, 4) is 5.69 Å². The second-order valence-corrected chi connectivity index (χ2v) is 8.61. The summed E-state index contributed by atoms with van der Waals surface area (Å²) in [6, 6.07) is 11.8. The molecule has 1 fully saturated rings. The molecule has 2 aromatic carbocycles. The molecule has 1 unspecified atom stereocenters. The summed E-state index contributed by atoms with van der Waals surface area (Å²) in [5.41, 5.74) is 1.71. The smallest absolute Gasteiger partial charge is 0.246 e. The number of rotatable bonds is 9. The van der Waals surface area contributed by atoms with Crippen molar-refractivity contribution >= 4 is 29.2 Å². The molecular formula is C23H25Cl2FN4O. The molecule has 1 saturated carbocycles. The molecule has 0 saturated heterocycles. The van der Waals surface area contributed by atoms with E-state index in [-0.39, 0.29) is 11.9 Å². The first-order chi connectivity index (χ1) is 15.0. The van der Waals surface area contributed by atoms with E-state index < -0.39 is 0 Å². The first-order valence-electron chi connectivity index (χ1n) is 10.4. The average Bonchev–Trinajstić information content (AvgIpc) is 3.51. The summed E-state index contributed by atoms with van der Waals surface area (Å²) in [5.74, 6) is 1.61. The Morgan fingerprint density at radius 3 is 2.55 bits per heavy atom. The SMILES string of the molecule is CCCN(c1nc(C2CC2)n(-c2ccc(Cl)cc2Cl)n1)C(COC)c1ccc(F)cc1. The molecule has 0 N–H and O–H groups in total. The van der Waals surface area contributed by atoms with Gasteiger partial charge in [-0.2, -0.15) is 4.98 Å². The van der Waals surface area contributed by atoms with Crippen molar-refractivity contribution in [1.29, 1.82) is 0 Å². The fourth-order valence-corrected chi connectivity index (χ4v) is 4.20. The van der Waals surface area contributed by atoms with Gasteiger partial charge in [0.2, 0.25) is 5.95 Å². The van der Waals surface area contributed by atoms with Crippen LogP contribution in [0.25, 0.3) is 5.69 Å². The third-order valence-corrected chi connectivity index (χ3v) is 5.92. The normalized spacial score (nSPS) is 14.6. The first kappa shape index (κ1) is 22.1. The van der Waals surface area contributed by atoms with Crippen molar-refractivity contribution in [1.82, 2.24) is 14.8 Å². The Balaban J connectivity index is 1.78. The Hall–Kier alpha value is -2.15. The predicted octanol–water partition coefficient (Wildman–Crippen LogP) is 6.19. The zero-order valence-corrected chi connectivity index (χ0v) is 19.1. The second-order valence-electron chi connectivity index (χ2n) is 7.77. The molecule has 0 amide bonds. The van der Waals surface area contributed by atoms with Crippen LogP contribution in [0.5, 0.6) is 0 Å². The minimum absolute atomic E-state index is 0.144. The Morgan fingerprint density at radius 2 is 1.94 bits per heavy atom. The largest absolute Gasteiger partial charge is 0.382 e. The summed E-state index contributed by atoms with van der Waals surface area (Å²) in [7, 11) is 1.66. The highest BCUT2D eigenvalue weighted by Gasteiger charge is 2.33. The van der Waals surface area contributed by atoms with Crippen molar-refractivity contribution < 1.29 is 9.13 Å². The minimum Gasteiger partial charge on any atom is -0.382 e. The van der Waals surface area contributed by atoms with E-state index >= 15 is 0 Å². The van der Waals surface area contributed by atoms with Crippen molar-refractivity contribution in [2.75, 3.05) is 25.2 Å². The Labute approximate surface area is 191 Å². The molecule has 1 aliphatic rings. The van der Waals surface area contributed by atoms with Gasteiger partial charge in [0.15, 0.2) is 0 Å².